The molecule has 1 N–H and O–H groups in total. The van der Waals surface area contributed by atoms with Crippen molar-refractivity contribution >= 4 is 11.4 Å². The molecule has 3 heteroatoms. The summed E-state index contributed by atoms with van der Waals surface area (Å²) in [4.78, 5) is 2.36. The van der Waals surface area contributed by atoms with Crippen LogP contribution in [0.3, 0.4) is 0 Å². The molecule has 1 aliphatic heterocycles. The molecule has 1 aromatic carbocycles. The highest BCUT2D eigenvalue weighted by Crippen LogP contribution is 2.25. The summed E-state index contributed by atoms with van der Waals surface area (Å²) in [6.45, 7) is 3.63. The molecule has 1 saturated heterocycles. The zero-order chi connectivity index (χ0) is 9.80. The van der Waals surface area contributed by atoms with Crippen LogP contribution in [-0.2, 0) is 4.74 Å². The van der Waals surface area contributed by atoms with Crippen molar-refractivity contribution in [1.82, 2.24) is 0 Å². The van der Waals surface area contributed by atoms with Gasteiger partial charge in [0.2, 0.25) is 0 Å². The number of benzene rings is 1. The summed E-state index contributed by atoms with van der Waals surface area (Å²) >= 11 is 0. The molecule has 0 bridgehead atoms. The van der Waals surface area contributed by atoms with E-state index in [4.69, 9.17) is 4.74 Å². The molecule has 1 fully saturated rings. The topological polar surface area (TPSA) is 24.5 Å². The summed E-state index contributed by atoms with van der Waals surface area (Å²) in [6.07, 6.45) is 0. The van der Waals surface area contributed by atoms with Gasteiger partial charge in [0.1, 0.15) is 0 Å². The molecule has 1 aliphatic rings. The van der Waals surface area contributed by atoms with Gasteiger partial charge in [-0.15, -0.1) is 0 Å². The summed E-state index contributed by atoms with van der Waals surface area (Å²) in [5.41, 5.74) is 2.47. The van der Waals surface area contributed by atoms with E-state index in [0.29, 0.717) is 0 Å². The van der Waals surface area contributed by atoms with Crippen LogP contribution in [0.5, 0.6) is 0 Å². The number of morpholine rings is 1. The van der Waals surface area contributed by atoms with E-state index in [1.165, 1.54) is 11.4 Å². The molecule has 0 spiro atoms. The van der Waals surface area contributed by atoms with E-state index in [1.54, 1.807) is 0 Å². The monoisotopic (exact) mass is 192 g/mol. The van der Waals surface area contributed by atoms with Crippen LogP contribution in [0, 0.1) is 0 Å². The first-order valence-electron chi connectivity index (χ1n) is 5.01. The van der Waals surface area contributed by atoms with Gasteiger partial charge in [0.15, 0.2) is 0 Å². The molecule has 0 aromatic heterocycles. The Kier molecular flexibility index (Phi) is 2.89. The molecule has 0 saturated carbocycles. The predicted octanol–water partition coefficient (Wildman–Crippen LogP) is 1.56. The Morgan fingerprint density at radius 3 is 2.64 bits per heavy atom. The number of rotatable bonds is 2. The lowest BCUT2D eigenvalue weighted by Gasteiger charge is -2.30. The molecule has 0 aliphatic carbocycles. The van der Waals surface area contributed by atoms with Gasteiger partial charge in [0, 0.05) is 20.1 Å². The first-order valence-corrected chi connectivity index (χ1v) is 5.01. The van der Waals surface area contributed by atoms with Crippen LogP contribution in [0.4, 0.5) is 11.4 Å². The molecule has 3 nitrogen and oxygen atoms in total. The highest BCUT2D eigenvalue weighted by atomic mass is 16.5. The van der Waals surface area contributed by atoms with Crippen LogP contribution in [0.1, 0.15) is 0 Å². The second-order valence-corrected chi connectivity index (χ2v) is 3.37. The average molecular weight is 192 g/mol. The Hall–Kier alpha value is -1.22. The minimum atomic E-state index is 0.831. The third-order valence-corrected chi connectivity index (χ3v) is 2.53. The van der Waals surface area contributed by atoms with Crippen molar-refractivity contribution in [3.63, 3.8) is 0 Å². The second kappa shape index (κ2) is 4.33. The van der Waals surface area contributed by atoms with Crippen molar-refractivity contribution in [2.75, 3.05) is 43.6 Å². The van der Waals surface area contributed by atoms with Gasteiger partial charge < -0.3 is 15.0 Å². The molecule has 0 amide bonds. The third-order valence-electron chi connectivity index (χ3n) is 2.53. The summed E-state index contributed by atoms with van der Waals surface area (Å²) in [5.74, 6) is 0. The fraction of sp³-hybridized carbons (Fsp3) is 0.455. The highest BCUT2D eigenvalue weighted by molar-refractivity contribution is 5.69. The summed E-state index contributed by atoms with van der Waals surface area (Å²) in [7, 11) is 1.96. The molecule has 2 rings (SSSR count). The average Bonchev–Trinajstić information content (AvgIpc) is 2.30. The standard InChI is InChI=1S/C11H16N2O/c1-12-10-4-2-3-5-11(10)13-6-8-14-9-7-13/h2-5,12H,6-9H2,1H3. The van der Waals surface area contributed by atoms with Crippen LogP contribution < -0.4 is 10.2 Å². The van der Waals surface area contributed by atoms with E-state index in [9.17, 15) is 0 Å². The molecule has 1 heterocycles. The Bertz CT molecular complexity index is 295. The number of anilines is 2. The van der Waals surface area contributed by atoms with Crippen molar-refractivity contribution in [2.45, 2.75) is 0 Å². The zero-order valence-electron chi connectivity index (χ0n) is 8.49. The first-order chi connectivity index (χ1) is 6.92. The van der Waals surface area contributed by atoms with Crippen LogP contribution >= 0.6 is 0 Å². The lowest BCUT2D eigenvalue weighted by atomic mass is 10.2. The Labute approximate surface area is 84.7 Å². The van der Waals surface area contributed by atoms with Crippen molar-refractivity contribution in [3.05, 3.63) is 24.3 Å². The van der Waals surface area contributed by atoms with Crippen LogP contribution in [-0.4, -0.2) is 33.4 Å². The molecular formula is C11H16N2O. The van der Waals surface area contributed by atoms with Gasteiger partial charge in [-0.1, -0.05) is 12.1 Å². The number of para-hydroxylation sites is 2. The Morgan fingerprint density at radius 2 is 1.93 bits per heavy atom. The summed E-state index contributed by atoms with van der Waals surface area (Å²) < 4.78 is 5.33. The fourth-order valence-corrected chi connectivity index (χ4v) is 1.77. The molecule has 76 valence electrons. The number of nitrogens with zero attached hydrogens (tertiary/aromatic N) is 1. The van der Waals surface area contributed by atoms with E-state index in [1.807, 2.05) is 7.05 Å². The Morgan fingerprint density at radius 1 is 1.21 bits per heavy atom. The maximum absolute atomic E-state index is 5.33. The maximum Gasteiger partial charge on any atom is 0.0642 e. The second-order valence-electron chi connectivity index (χ2n) is 3.37. The molecule has 0 atom stereocenters. The zero-order valence-corrected chi connectivity index (χ0v) is 8.49. The quantitative estimate of drug-likeness (QED) is 0.769. The summed E-state index contributed by atoms with van der Waals surface area (Å²) in [6, 6.07) is 8.38. The van der Waals surface area contributed by atoms with Gasteiger partial charge in [0.25, 0.3) is 0 Å². The van der Waals surface area contributed by atoms with E-state index >= 15 is 0 Å². The predicted molar refractivity (Wildman–Crippen MR) is 59.0 cm³/mol. The van der Waals surface area contributed by atoms with Crippen LogP contribution in [0.25, 0.3) is 0 Å². The normalized spacial score (nSPS) is 16.8. The molecule has 1 aromatic rings. The molecule has 0 radical (unpaired) electrons. The Balaban J connectivity index is 2.20. The fourth-order valence-electron chi connectivity index (χ4n) is 1.77. The van der Waals surface area contributed by atoms with E-state index in [0.717, 1.165) is 26.3 Å². The largest absolute Gasteiger partial charge is 0.386 e. The smallest absolute Gasteiger partial charge is 0.0642 e. The highest BCUT2D eigenvalue weighted by Gasteiger charge is 2.13. The van der Waals surface area contributed by atoms with Crippen LogP contribution in [0.15, 0.2) is 24.3 Å². The van der Waals surface area contributed by atoms with Crippen molar-refractivity contribution in [1.29, 1.82) is 0 Å². The van der Waals surface area contributed by atoms with Crippen molar-refractivity contribution in [2.24, 2.45) is 0 Å². The van der Waals surface area contributed by atoms with Gasteiger partial charge >= 0.3 is 0 Å². The lowest BCUT2D eigenvalue weighted by Crippen LogP contribution is -2.36. The van der Waals surface area contributed by atoms with Gasteiger partial charge in [-0.2, -0.15) is 0 Å². The van der Waals surface area contributed by atoms with Gasteiger partial charge in [-0.05, 0) is 12.1 Å². The van der Waals surface area contributed by atoms with Gasteiger partial charge in [-0.3, -0.25) is 0 Å². The van der Waals surface area contributed by atoms with Gasteiger partial charge in [0.05, 0.1) is 24.6 Å². The molecular weight excluding hydrogens is 176 g/mol. The van der Waals surface area contributed by atoms with Crippen molar-refractivity contribution < 1.29 is 4.74 Å². The molecule has 14 heavy (non-hydrogen) atoms. The first kappa shape index (κ1) is 9.34. The minimum Gasteiger partial charge on any atom is -0.386 e. The van der Waals surface area contributed by atoms with E-state index in [-0.39, 0.29) is 0 Å². The number of hydrogen-bond donors (Lipinski definition) is 1. The SMILES string of the molecule is CNc1ccccc1N1CCOCC1. The maximum atomic E-state index is 5.33. The number of ether oxygens (including phenoxy) is 1. The van der Waals surface area contributed by atoms with E-state index < -0.39 is 0 Å². The van der Waals surface area contributed by atoms with Gasteiger partial charge in [-0.25, -0.2) is 0 Å². The lowest BCUT2D eigenvalue weighted by molar-refractivity contribution is 0.123. The number of nitrogens with one attached hydrogen (secondary N) is 1. The van der Waals surface area contributed by atoms with Crippen LogP contribution in [0.2, 0.25) is 0 Å². The van der Waals surface area contributed by atoms with Crippen molar-refractivity contribution in [3.8, 4) is 0 Å². The third kappa shape index (κ3) is 1.82. The van der Waals surface area contributed by atoms with E-state index in [2.05, 4.69) is 34.5 Å². The number of hydrogen-bond acceptors (Lipinski definition) is 3. The minimum absolute atomic E-state index is 0.831. The summed E-state index contributed by atoms with van der Waals surface area (Å²) in [5, 5.41) is 3.21. The molecule has 0 unspecified atom stereocenters.